The number of hydrogen-bond donors (Lipinski definition) is 0. The van der Waals surface area contributed by atoms with Crippen molar-refractivity contribution in [2.45, 2.75) is 38.7 Å². The van der Waals surface area contributed by atoms with Crippen LogP contribution in [-0.4, -0.2) is 23.9 Å². The smallest absolute Gasteiger partial charge is 0.135 e. The minimum atomic E-state index is 0.175. The van der Waals surface area contributed by atoms with Crippen LogP contribution in [0.5, 0.6) is 0 Å². The van der Waals surface area contributed by atoms with Gasteiger partial charge in [-0.1, -0.05) is 35.4 Å². The number of carbonyl (C=O) groups is 1. The van der Waals surface area contributed by atoms with E-state index < -0.39 is 0 Å². The van der Waals surface area contributed by atoms with Gasteiger partial charge >= 0.3 is 0 Å². The summed E-state index contributed by atoms with van der Waals surface area (Å²) in [5, 5.41) is 0. The van der Waals surface area contributed by atoms with Crippen LogP contribution in [0.3, 0.4) is 0 Å². The van der Waals surface area contributed by atoms with E-state index in [1.54, 1.807) is 14.0 Å². The van der Waals surface area contributed by atoms with Crippen LogP contribution in [0.1, 0.15) is 32.6 Å². The Morgan fingerprint density at radius 1 is 1.31 bits per heavy atom. The molecule has 1 fully saturated rings. The van der Waals surface area contributed by atoms with Crippen LogP contribution in [0.15, 0.2) is 0 Å². The SMILES string of the molecule is CI.COC1CCCCC1C(C)=O. The third kappa shape index (κ3) is 4.40. The zero-order valence-corrected chi connectivity index (χ0v) is 10.8. The van der Waals surface area contributed by atoms with Gasteiger partial charge in [-0.2, -0.15) is 0 Å². The molecule has 0 radical (unpaired) electrons. The lowest BCUT2D eigenvalue weighted by molar-refractivity contribution is -0.126. The lowest BCUT2D eigenvalue weighted by Crippen LogP contribution is -2.31. The average molecular weight is 298 g/mol. The lowest BCUT2D eigenvalue weighted by Gasteiger charge is -2.28. The summed E-state index contributed by atoms with van der Waals surface area (Å²) in [5.41, 5.74) is 0. The number of alkyl halides is 1. The van der Waals surface area contributed by atoms with E-state index in [0.29, 0.717) is 0 Å². The van der Waals surface area contributed by atoms with Crippen LogP contribution >= 0.6 is 22.6 Å². The average Bonchev–Trinajstić information content (AvgIpc) is 2.20. The number of methoxy groups -OCH3 is 1. The first kappa shape index (κ1) is 13.4. The largest absolute Gasteiger partial charge is 0.381 e. The van der Waals surface area contributed by atoms with Crippen LogP contribution in [0, 0.1) is 5.92 Å². The Morgan fingerprint density at radius 2 is 1.85 bits per heavy atom. The first-order valence-corrected chi connectivity index (χ1v) is 6.82. The van der Waals surface area contributed by atoms with Gasteiger partial charge in [0.15, 0.2) is 0 Å². The lowest BCUT2D eigenvalue weighted by atomic mass is 9.84. The van der Waals surface area contributed by atoms with Crippen molar-refractivity contribution in [3.63, 3.8) is 0 Å². The quantitative estimate of drug-likeness (QED) is 0.579. The third-order valence-corrected chi connectivity index (χ3v) is 2.53. The van der Waals surface area contributed by atoms with Crippen molar-refractivity contribution in [3.8, 4) is 0 Å². The second-order valence-corrected chi connectivity index (χ2v) is 3.28. The molecule has 0 aromatic rings. The minimum Gasteiger partial charge on any atom is -0.381 e. The van der Waals surface area contributed by atoms with E-state index in [4.69, 9.17) is 4.74 Å². The zero-order chi connectivity index (χ0) is 10.3. The predicted molar refractivity (Wildman–Crippen MR) is 63.4 cm³/mol. The van der Waals surface area contributed by atoms with Crippen molar-refractivity contribution in [2.75, 3.05) is 12.0 Å². The fourth-order valence-corrected chi connectivity index (χ4v) is 1.84. The van der Waals surface area contributed by atoms with Crippen molar-refractivity contribution in [2.24, 2.45) is 5.92 Å². The molecular formula is C10H19IO2. The Morgan fingerprint density at radius 3 is 2.23 bits per heavy atom. The summed E-state index contributed by atoms with van der Waals surface area (Å²) in [7, 11) is 1.70. The van der Waals surface area contributed by atoms with Gasteiger partial charge in [0.05, 0.1) is 6.10 Å². The molecule has 0 bridgehead atoms. The fraction of sp³-hybridized carbons (Fsp3) is 0.900. The maximum absolute atomic E-state index is 11.1. The molecule has 0 amide bonds. The second-order valence-electron chi connectivity index (χ2n) is 3.28. The first-order chi connectivity index (χ1) is 6.25. The predicted octanol–water partition coefficient (Wildman–Crippen LogP) is 2.83. The number of rotatable bonds is 2. The van der Waals surface area contributed by atoms with Crippen LogP contribution in [-0.2, 0) is 9.53 Å². The highest BCUT2D eigenvalue weighted by atomic mass is 127. The van der Waals surface area contributed by atoms with E-state index in [1.165, 1.54) is 12.8 Å². The highest BCUT2D eigenvalue weighted by Gasteiger charge is 2.27. The maximum Gasteiger partial charge on any atom is 0.135 e. The molecule has 1 aliphatic carbocycles. The summed E-state index contributed by atoms with van der Waals surface area (Å²) in [6, 6.07) is 0. The molecule has 2 atom stereocenters. The molecule has 1 saturated carbocycles. The number of halogens is 1. The van der Waals surface area contributed by atoms with E-state index in [-0.39, 0.29) is 17.8 Å². The molecule has 0 aliphatic heterocycles. The summed E-state index contributed by atoms with van der Waals surface area (Å²) < 4.78 is 5.24. The maximum atomic E-state index is 11.1. The Labute approximate surface area is 94.6 Å². The number of ether oxygens (including phenoxy) is 1. The summed E-state index contributed by atoms with van der Waals surface area (Å²) in [5.74, 6) is 0.463. The highest BCUT2D eigenvalue weighted by Crippen LogP contribution is 2.26. The Hall–Kier alpha value is 0.360. The van der Waals surface area contributed by atoms with E-state index in [9.17, 15) is 4.79 Å². The highest BCUT2D eigenvalue weighted by molar-refractivity contribution is 14.1. The molecule has 0 heterocycles. The van der Waals surface area contributed by atoms with Gasteiger partial charge in [-0.05, 0) is 24.7 Å². The molecule has 0 saturated heterocycles. The van der Waals surface area contributed by atoms with Crippen LogP contribution in [0.25, 0.3) is 0 Å². The molecule has 2 unspecified atom stereocenters. The van der Waals surface area contributed by atoms with E-state index >= 15 is 0 Å². The minimum absolute atomic E-state index is 0.175. The molecule has 3 heteroatoms. The molecule has 1 aliphatic rings. The summed E-state index contributed by atoms with van der Waals surface area (Å²) in [6.07, 6.45) is 4.67. The van der Waals surface area contributed by atoms with Crippen molar-refractivity contribution in [1.82, 2.24) is 0 Å². The standard InChI is InChI=1S/C9H16O2.CH3I/c1-7(10)8-5-3-4-6-9(8)11-2;1-2/h8-9H,3-6H2,1-2H3;1H3. The summed E-state index contributed by atoms with van der Waals surface area (Å²) in [6.45, 7) is 1.67. The van der Waals surface area contributed by atoms with Gasteiger partial charge in [0.1, 0.15) is 5.78 Å². The summed E-state index contributed by atoms with van der Waals surface area (Å²) in [4.78, 5) is 13.1. The second kappa shape index (κ2) is 7.74. The van der Waals surface area contributed by atoms with Gasteiger partial charge in [-0.15, -0.1) is 0 Å². The molecule has 0 aromatic heterocycles. The van der Waals surface area contributed by atoms with E-state index in [0.717, 1.165) is 12.8 Å². The number of Topliss-reactive ketones (excluding diaryl/α,β-unsaturated/α-hetero) is 1. The Bertz CT molecular complexity index is 148. The zero-order valence-electron chi connectivity index (χ0n) is 8.68. The summed E-state index contributed by atoms with van der Waals surface area (Å²) >= 11 is 2.15. The Balaban J connectivity index is 0.000000671. The van der Waals surface area contributed by atoms with Gasteiger partial charge in [0.2, 0.25) is 0 Å². The first-order valence-electron chi connectivity index (χ1n) is 4.66. The molecule has 0 spiro atoms. The molecule has 78 valence electrons. The molecule has 0 N–H and O–H groups in total. The number of hydrogen-bond acceptors (Lipinski definition) is 2. The van der Waals surface area contributed by atoms with Gasteiger partial charge in [0.25, 0.3) is 0 Å². The van der Waals surface area contributed by atoms with Crippen molar-refractivity contribution in [1.29, 1.82) is 0 Å². The van der Waals surface area contributed by atoms with Crippen LogP contribution in [0.2, 0.25) is 0 Å². The number of ketones is 1. The van der Waals surface area contributed by atoms with Gasteiger partial charge in [-0.3, -0.25) is 4.79 Å². The monoisotopic (exact) mass is 298 g/mol. The topological polar surface area (TPSA) is 26.3 Å². The van der Waals surface area contributed by atoms with Crippen molar-refractivity contribution < 1.29 is 9.53 Å². The Kier molecular flexibility index (Phi) is 7.95. The fourth-order valence-electron chi connectivity index (χ4n) is 1.84. The van der Waals surface area contributed by atoms with Crippen LogP contribution in [0.4, 0.5) is 0 Å². The van der Waals surface area contributed by atoms with Gasteiger partial charge in [0, 0.05) is 13.0 Å². The van der Waals surface area contributed by atoms with Crippen molar-refractivity contribution in [3.05, 3.63) is 0 Å². The van der Waals surface area contributed by atoms with E-state index in [1.807, 2.05) is 4.93 Å². The molecular weight excluding hydrogens is 279 g/mol. The van der Waals surface area contributed by atoms with Crippen LogP contribution < -0.4 is 0 Å². The third-order valence-electron chi connectivity index (χ3n) is 2.53. The van der Waals surface area contributed by atoms with E-state index in [2.05, 4.69) is 22.6 Å². The molecule has 13 heavy (non-hydrogen) atoms. The molecule has 2 nitrogen and oxygen atoms in total. The van der Waals surface area contributed by atoms with Crippen molar-refractivity contribution >= 4 is 28.4 Å². The normalized spacial score (nSPS) is 27.4. The molecule has 1 rings (SSSR count). The van der Waals surface area contributed by atoms with Gasteiger partial charge < -0.3 is 4.74 Å². The number of carbonyl (C=O) groups excluding carboxylic acids is 1. The molecule has 0 aromatic carbocycles. The van der Waals surface area contributed by atoms with Gasteiger partial charge in [-0.25, -0.2) is 0 Å².